The Balaban J connectivity index is 2.07. The average Bonchev–Trinajstić information content (AvgIpc) is 2.36. The van der Waals surface area contributed by atoms with Gasteiger partial charge in [-0.05, 0) is 12.5 Å². The van der Waals surface area contributed by atoms with Crippen molar-refractivity contribution >= 4 is 10.1 Å². The molecular formula is C13H20O5S. The van der Waals surface area contributed by atoms with Crippen molar-refractivity contribution in [1.29, 1.82) is 0 Å². The second-order valence-corrected chi connectivity index (χ2v) is 5.85. The van der Waals surface area contributed by atoms with Crippen LogP contribution in [0, 0.1) is 0 Å². The van der Waals surface area contributed by atoms with Crippen LogP contribution >= 0.6 is 0 Å². The van der Waals surface area contributed by atoms with Crippen LogP contribution in [-0.4, -0.2) is 40.6 Å². The van der Waals surface area contributed by atoms with E-state index >= 15 is 0 Å². The molecule has 1 rings (SSSR count). The summed E-state index contributed by atoms with van der Waals surface area (Å²) < 4.78 is 36.8. The lowest BCUT2D eigenvalue weighted by Crippen LogP contribution is -2.18. The highest BCUT2D eigenvalue weighted by atomic mass is 32.2. The van der Waals surface area contributed by atoms with Gasteiger partial charge in [0, 0.05) is 0 Å². The third-order valence-corrected chi connectivity index (χ3v) is 2.85. The fraction of sp³-hybridized carbons (Fsp3) is 0.538. The van der Waals surface area contributed by atoms with E-state index < -0.39 is 10.1 Å². The molecule has 0 aromatic heterocycles. The molecule has 0 N–H and O–H groups in total. The number of hydrogen-bond donors (Lipinski definition) is 0. The Morgan fingerprint density at radius 2 is 1.84 bits per heavy atom. The third-order valence-electron chi connectivity index (χ3n) is 2.25. The predicted octanol–water partition coefficient (Wildman–Crippen LogP) is 1.58. The van der Waals surface area contributed by atoms with E-state index in [1.165, 1.54) is 0 Å². The first-order chi connectivity index (χ1) is 8.97. The van der Waals surface area contributed by atoms with Gasteiger partial charge in [-0.1, -0.05) is 30.3 Å². The van der Waals surface area contributed by atoms with Crippen molar-refractivity contribution in [3.8, 4) is 0 Å². The number of ether oxygens (including phenoxy) is 2. The molecule has 0 spiro atoms. The van der Waals surface area contributed by atoms with Crippen molar-refractivity contribution in [1.82, 2.24) is 0 Å². The molecule has 0 unspecified atom stereocenters. The van der Waals surface area contributed by atoms with Crippen LogP contribution in [0.15, 0.2) is 30.3 Å². The summed E-state index contributed by atoms with van der Waals surface area (Å²) in [4.78, 5) is 0. The largest absolute Gasteiger partial charge is 0.376 e. The molecule has 0 radical (unpaired) electrons. The van der Waals surface area contributed by atoms with Crippen LogP contribution in [0.25, 0.3) is 0 Å². The zero-order valence-electron chi connectivity index (χ0n) is 11.2. The van der Waals surface area contributed by atoms with Gasteiger partial charge in [0.2, 0.25) is 0 Å². The van der Waals surface area contributed by atoms with Crippen LogP contribution in [0.3, 0.4) is 0 Å². The average molecular weight is 288 g/mol. The first-order valence-electron chi connectivity index (χ1n) is 6.05. The van der Waals surface area contributed by atoms with Crippen LogP contribution in [0.2, 0.25) is 0 Å². The number of hydrogen-bond acceptors (Lipinski definition) is 5. The minimum absolute atomic E-state index is 0.0320. The van der Waals surface area contributed by atoms with Gasteiger partial charge in [0.15, 0.2) is 0 Å². The molecular weight excluding hydrogens is 268 g/mol. The molecule has 5 nitrogen and oxygen atoms in total. The monoisotopic (exact) mass is 288 g/mol. The zero-order chi connectivity index (χ0) is 14.1. The van der Waals surface area contributed by atoms with Gasteiger partial charge in [0.1, 0.15) is 0 Å². The molecule has 6 heteroatoms. The number of rotatable bonds is 9. The van der Waals surface area contributed by atoms with E-state index in [9.17, 15) is 8.42 Å². The van der Waals surface area contributed by atoms with E-state index in [-0.39, 0.29) is 19.3 Å². The maximum Gasteiger partial charge on any atom is 0.264 e. The fourth-order valence-corrected chi connectivity index (χ4v) is 1.73. The molecule has 0 fully saturated rings. The summed E-state index contributed by atoms with van der Waals surface area (Å²) in [6, 6.07) is 9.86. The van der Waals surface area contributed by atoms with Crippen molar-refractivity contribution in [2.24, 2.45) is 0 Å². The number of benzene rings is 1. The van der Waals surface area contributed by atoms with Crippen molar-refractivity contribution in [3.05, 3.63) is 35.9 Å². The van der Waals surface area contributed by atoms with Gasteiger partial charge in [-0.15, -0.1) is 0 Å². The van der Waals surface area contributed by atoms with E-state index in [0.717, 1.165) is 11.8 Å². The Labute approximate surface area is 114 Å². The molecule has 0 aliphatic rings. The van der Waals surface area contributed by atoms with Gasteiger partial charge in [-0.2, -0.15) is 8.42 Å². The summed E-state index contributed by atoms with van der Waals surface area (Å²) >= 11 is 0. The Morgan fingerprint density at radius 1 is 1.16 bits per heavy atom. The summed E-state index contributed by atoms with van der Waals surface area (Å²) in [7, 11) is -3.38. The van der Waals surface area contributed by atoms with Crippen molar-refractivity contribution in [2.75, 3.05) is 26.1 Å². The van der Waals surface area contributed by atoms with Crippen LogP contribution in [0.1, 0.15) is 12.5 Å². The standard InChI is InChI=1S/C13H20O5S/c1-12(10-16-8-9-18-19(2,14)15)17-11-13-6-4-3-5-7-13/h3-7,12H,8-11H2,1-2H3/t12-/m1/s1. The third kappa shape index (κ3) is 8.72. The highest BCUT2D eigenvalue weighted by Crippen LogP contribution is 2.03. The summed E-state index contributed by atoms with van der Waals surface area (Å²) in [5, 5.41) is 0. The first kappa shape index (κ1) is 16.1. The molecule has 0 aliphatic carbocycles. The van der Waals surface area contributed by atoms with E-state index in [0.29, 0.717) is 13.2 Å². The molecule has 108 valence electrons. The Hall–Kier alpha value is -0.950. The molecule has 19 heavy (non-hydrogen) atoms. The normalized spacial score (nSPS) is 13.4. The Bertz CT molecular complexity index is 443. The lowest BCUT2D eigenvalue weighted by atomic mass is 10.2. The molecule has 0 aliphatic heterocycles. The molecule has 1 aromatic rings. The van der Waals surface area contributed by atoms with Gasteiger partial charge in [0.05, 0.1) is 38.8 Å². The second-order valence-electron chi connectivity index (χ2n) is 4.21. The van der Waals surface area contributed by atoms with Gasteiger partial charge >= 0.3 is 0 Å². The molecule has 1 atom stereocenters. The van der Waals surface area contributed by atoms with E-state index in [1.54, 1.807) is 0 Å². The maximum atomic E-state index is 10.7. The highest BCUT2D eigenvalue weighted by Gasteiger charge is 2.04. The van der Waals surface area contributed by atoms with Crippen LogP contribution < -0.4 is 0 Å². The summed E-state index contributed by atoms with van der Waals surface area (Å²) in [6.07, 6.45) is 0.955. The predicted molar refractivity (Wildman–Crippen MR) is 72.3 cm³/mol. The molecule has 1 aromatic carbocycles. The van der Waals surface area contributed by atoms with Gasteiger partial charge in [-0.25, -0.2) is 0 Å². The quantitative estimate of drug-likeness (QED) is 0.510. The summed E-state index contributed by atoms with van der Waals surface area (Å²) in [5.74, 6) is 0. The molecule has 0 bridgehead atoms. The fourth-order valence-electron chi connectivity index (χ4n) is 1.35. The van der Waals surface area contributed by atoms with Crippen molar-refractivity contribution in [3.63, 3.8) is 0 Å². The smallest absolute Gasteiger partial charge is 0.264 e. The van der Waals surface area contributed by atoms with Gasteiger partial charge in [-0.3, -0.25) is 4.18 Å². The van der Waals surface area contributed by atoms with E-state index in [2.05, 4.69) is 4.18 Å². The van der Waals surface area contributed by atoms with Crippen LogP contribution in [-0.2, 0) is 30.4 Å². The minimum atomic E-state index is -3.38. The van der Waals surface area contributed by atoms with Gasteiger partial charge in [0.25, 0.3) is 10.1 Å². The molecule has 0 saturated heterocycles. The van der Waals surface area contributed by atoms with E-state index in [4.69, 9.17) is 9.47 Å². The van der Waals surface area contributed by atoms with E-state index in [1.807, 2.05) is 37.3 Å². The maximum absolute atomic E-state index is 10.7. The van der Waals surface area contributed by atoms with Crippen LogP contribution in [0.5, 0.6) is 0 Å². The highest BCUT2D eigenvalue weighted by molar-refractivity contribution is 7.85. The SMILES string of the molecule is C[C@H](COCCOS(C)(=O)=O)OCc1ccccc1. The molecule has 0 amide bonds. The van der Waals surface area contributed by atoms with Gasteiger partial charge < -0.3 is 9.47 Å². The summed E-state index contributed by atoms with van der Waals surface area (Å²) in [5.41, 5.74) is 1.11. The zero-order valence-corrected chi connectivity index (χ0v) is 12.1. The van der Waals surface area contributed by atoms with Crippen molar-refractivity contribution in [2.45, 2.75) is 19.6 Å². The Kier molecular flexibility index (Phi) is 7.01. The minimum Gasteiger partial charge on any atom is -0.376 e. The lowest BCUT2D eigenvalue weighted by molar-refractivity contribution is -0.0198. The lowest BCUT2D eigenvalue weighted by Gasteiger charge is -2.13. The summed E-state index contributed by atoms with van der Waals surface area (Å²) in [6.45, 7) is 3.10. The molecule has 0 saturated carbocycles. The van der Waals surface area contributed by atoms with Crippen LogP contribution in [0.4, 0.5) is 0 Å². The second kappa shape index (κ2) is 8.27. The van der Waals surface area contributed by atoms with Crippen molar-refractivity contribution < 1.29 is 22.1 Å². The first-order valence-corrected chi connectivity index (χ1v) is 7.86. The topological polar surface area (TPSA) is 61.8 Å². The Morgan fingerprint density at radius 3 is 2.47 bits per heavy atom. The molecule has 0 heterocycles.